The van der Waals surface area contributed by atoms with Gasteiger partial charge in [-0.1, -0.05) is 36.4 Å². The molecule has 0 aliphatic carbocycles. The molecule has 7 heteroatoms. The molecule has 0 bridgehead atoms. The van der Waals surface area contributed by atoms with E-state index in [0.717, 1.165) is 31.8 Å². The lowest BCUT2D eigenvalue weighted by Crippen LogP contribution is -2.33. The fraction of sp³-hybridized carbons (Fsp3) is 0.154. The molecule has 1 unspecified atom stereocenters. The lowest BCUT2D eigenvalue weighted by molar-refractivity contribution is -0.123. The van der Waals surface area contributed by atoms with Crippen LogP contribution in [0.4, 0.5) is 0 Å². The fourth-order valence-corrected chi connectivity index (χ4v) is 4.35. The van der Waals surface area contributed by atoms with Gasteiger partial charge in [0.1, 0.15) is 23.8 Å². The highest BCUT2D eigenvalue weighted by atomic mass is 127. The summed E-state index contributed by atoms with van der Waals surface area (Å²) in [7, 11) is 1.63. The number of benzene rings is 3. The molecule has 0 radical (unpaired) electrons. The highest BCUT2D eigenvalue weighted by molar-refractivity contribution is 14.1. The first-order chi connectivity index (χ1) is 16.0. The summed E-state index contributed by atoms with van der Waals surface area (Å²) in [4.78, 5) is 14.8. The average molecular weight is 570 g/mol. The third kappa shape index (κ3) is 5.36. The van der Waals surface area contributed by atoms with Gasteiger partial charge in [0, 0.05) is 9.13 Å². The van der Waals surface area contributed by atoms with Crippen LogP contribution in [0.25, 0.3) is 6.08 Å². The minimum atomic E-state index is -0.168. The summed E-state index contributed by atoms with van der Waals surface area (Å²) >= 11 is 7.73. The monoisotopic (exact) mass is 570 g/mol. The van der Waals surface area contributed by atoms with E-state index in [9.17, 15) is 4.79 Å². The van der Waals surface area contributed by atoms with E-state index in [1.165, 1.54) is 0 Å². The molecule has 1 N–H and O–H groups in total. The Morgan fingerprint density at radius 1 is 1.09 bits per heavy atom. The number of halogens is 1. The van der Waals surface area contributed by atoms with Crippen molar-refractivity contribution in [3.05, 3.63) is 98.8 Å². The molecule has 0 spiro atoms. The molecule has 0 aromatic heterocycles. The molecule has 1 aliphatic rings. The van der Waals surface area contributed by atoms with Crippen LogP contribution in [0.2, 0.25) is 0 Å². The Balaban J connectivity index is 1.54. The van der Waals surface area contributed by atoms with Crippen molar-refractivity contribution in [2.45, 2.75) is 19.6 Å². The zero-order valence-corrected chi connectivity index (χ0v) is 21.2. The normalized spacial score (nSPS) is 15.5. The number of rotatable bonds is 7. The second-order valence-corrected chi connectivity index (χ2v) is 9.20. The highest BCUT2D eigenvalue weighted by Gasteiger charge is 2.34. The predicted octanol–water partition coefficient (Wildman–Crippen LogP) is 5.70. The van der Waals surface area contributed by atoms with Gasteiger partial charge < -0.3 is 14.8 Å². The van der Waals surface area contributed by atoms with Crippen molar-refractivity contribution in [1.29, 1.82) is 0 Å². The highest BCUT2D eigenvalue weighted by Crippen LogP contribution is 2.28. The van der Waals surface area contributed by atoms with Gasteiger partial charge in [0.25, 0.3) is 5.91 Å². The minimum Gasteiger partial charge on any atom is -0.496 e. The van der Waals surface area contributed by atoms with Gasteiger partial charge in [0.2, 0.25) is 0 Å². The zero-order chi connectivity index (χ0) is 23.4. The largest absolute Gasteiger partial charge is 0.496 e. The van der Waals surface area contributed by atoms with E-state index in [-0.39, 0.29) is 11.9 Å². The van der Waals surface area contributed by atoms with E-state index < -0.39 is 0 Å². The molecular weight excluding hydrogens is 547 g/mol. The van der Waals surface area contributed by atoms with Crippen molar-refractivity contribution in [2.75, 3.05) is 7.11 Å². The Labute approximate surface area is 212 Å². The number of carbonyl (C=O) groups is 1. The number of amides is 1. The van der Waals surface area contributed by atoms with E-state index in [4.69, 9.17) is 21.7 Å². The van der Waals surface area contributed by atoms with E-state index in [1.54, 1.807) is 18.1 Å². The molecule has 4 rings (SSSR count). The van der Waals surface area contributed by atoms with Crippen molar-refractivity contribution in [1.82, 2.24) is 10.2 Å². The Hall–Kier alpha value is -2.91. The van der Waals surface area contributed by atoms with Crippen molar-refractivity contribution in [2.24, 2.45) is 0 Å². The quantitative estimate of drug-likeness (QED) is 0.225. The van der Waals surface area contributed by atoms with Crippen LogP contribution in [0, 0.1) is 3.57 Å². The molecule has 33 heavy (non-hydrogen) atoms. The van der Waals surface area contributed by atoms with Crippen LogP contribution in [0.15, 0.2) is 78.5 Å². The molecule has 168 valence electrons. The summed E-state index contributed by atoms with van der Waals surface area (Å²) in [6, 6.07) is 23.3. The number of thiocarbonyl (C=S) groups is 1. The molecule has 3 aromatic rings. The first-order valence-corrected chi connectivity index (χ1v) is 11.9. The maximum absolute atomic E-state index is 13.1. The second kappa shape index (κ2) is 10.4. The van der Waals surface area contributed by atoms with Crippen LogP contribution in [-0.2, 0) is 11.4 Å². The second-order valence-electron chi connectivity index (χ2n) is 7.56. The van der Waals surface area contributed by atoms with Crippen LogP contribution in [0.1, 0.15) is 29.7 Å². The number of ether oxygens (including phenoxy) is 2. The summed E-state index contributed by atoms with van der Waals surface area (Å²) in [6.07, 6.45) is 1.81. The van der Waals surface area contributed by atoms with Crippen LogP contribution in [0.3, 0.4) is 0 Å². The predicted molar refractivity (Wildman–Crippen MR) is 142 cm³/mol. The number of nitrogens with zero attached hydrogens (tertiary/aromatic N) is 1. The Bertz CT molecular complexity index is 1200. The standard InChI is InChI=1S/C26H23IN2O3S/c1-17(19-6-4-3-5-7-19)29-25(30)23(28-26(29)33)15-18-8-13-24(31-2)20(14-18)16-32-22-11-9-21(27)10-12-22/h3-15,17H,16H2,1-2H3,(H,28,33)/b23-15-. The molecule has 1 fully saturated rings. The Morgan fingerprint density at radius 3 is 2.52 bits per heavy atom. The molecule has 0 saturated carbocycles. The van der Waals surface area contributed by atoms with E-state index in [1.807, 2.05) is 79.7 Å². The van der Waals surface area contributed by atoms with E-state index in [0.29, 0.717) is 17.4 Å². The number of carbonyl (C=O) groups excluding carboxylic acids is 1. The lowest BCUT2D eigenvalue weighted by Gasteiger charge is -2.23. The van der Waals surface area contributed by atoms with E-state index >= 15 is 0 Å². The summed E-state index contributed by atoms with van der Waals surface area (Å²) < 4.78 is 12.6. The number of hydrogen-bond donors (Lipinski definition) is 1. The molecule has 1 heterocycles. The van der Waals surface area contributed by atoms with Gasteiger partial charge in [-0.2, -0.15) is 0 Å². The molecule has 5 nitrogen and oxygen atoms in total. The van der Waals surface area contributed by atoms with Gasteiger partial charge in [0.15, 0.2) is 5.11 Å². The zero-order valence-electron chi connectivity index (χ0n) is 18.2. The van der Waals surface area contributed by atoms with Crippen LogP contribution < -0.4 is 14.8 Å². The molecule has 1 saturated heterocycles. The van der Waals surface area contributed by atoms with Gasteiger partial charge >= 0.3 is 0 Å². The van der Waals surface area contributed by atoms with Gasteiger partial charge in [-0.15, -0.1) is 0 Å². The van der Waals surface area contributed by atoms with Gasteiger partial charge in [-0.3, -0.25) is 9.69 Å². The van der Waals surface area contributed by atoms with Gasteiger partial charge in [-0.25, -0.2) is 0 Å². The maximum atomic E-state index is 13.1. The lowest BCUT2D eigenvalue weighted by atomic mass is 10.1. The first-order valence-electron chi connectivity index (χ1n) is 10.4. The molecule has 3 aromatic carbocycles. The van der Waals surface area contributed by atoms with Crippen molar-refractivity contribution < 1.29 is 14.3 Å². The third-order valence-corrected chi connectivity index (χ3v) is 6.42. The van der Waals surface area contributed by atoms with E-state index in [2.05, 4.69) is 27.9 Å². The third-order valence-electron chi connectivity index (χ3n) is 5.40. The summed E-state index contributed by atoms with van der Waals surface area (Å²) in [5.41, 5.74) is 3.20. The molecule has 1 atom stereocenters. The van der Waals surface area contributed by atoms with Crippen molar-refractivity contribution >= 4 is 51.9 Å². The summed E-state index contributed by atoms with van der Waals surface area (Å²) in [5, 5.41) is 3.47. The minimum absolute atomic E-state index is 0.149. The molecule has 1 amide bonds. The van der Waals surface area contributed by atoms with Crippen LogP contribution >= 0.6 is 34.8 Å². The summed E-state index contributed by atoms with van der Waals surface area (Å²) in [5.74, 6) is 1.36. The number of methoxy groups -OCH3 is 1. The fourth-order valence-electron chi connectivity index (χ4n) is 3.64. The van der Waals surface area contributed by atoms with Gasteiger partial charge in [-0.05, 0) is 95.3 Å². The summed E-state index contributed by atoms with van der Waals surface area (Å²) in [6.45, 7) is 2.31. The van der Waals surface area contributed by atoms with Crippen molar-refractivity contribution in [3.8, 4) is 11.5 Å². The smallest absolute Gasteiger partial charge is 0.277 e. The van der Waals surface area contributed by atoms with Crippen LogP contribution in [-0.4, -0.2) is 23.0 Å². The first kappa shape index (κ1) is 23.3. The SMILES string of the molecule is COc1ccc(/C=C2\NC(=S)N(C(C)c3ccccc3)C2=O)cc1COc1ccc(I)cc1. The molecular formula is C26H23IN2O3S. The molecule has 1 aliphatic heterocycles. The van der Waals surface area contributed by atoms with Crippen molar-refractivity contribution in [3.63, 3.8) is 0 Å². The number of hydrogen-bond acceptors (Lipinski definition) is 4. The maximum Gasteiger partial charge on any atom is 0.277 e. The average Bonchev–Trinajstić information content (AvgIpc) is 3.11. The topological polar surface area (TPSA) is 50.8 Å². The number of nitrogens with one attached hydrogen (secondary N) is 1. The Morgan fingerprint density at radius 2 is 1.82 bits per heavy atom. The Kier molecular flexibility index (Phi) is 7.29. The van der Waals surface area contributed by atoms with Gasteiger partial charge in [0.05, 0.1) is 13.2 Å². The van der Waals surface area contributed by atoms with Crippen LogP contribution in [0.5, 0.6) is 11.5 Å².